The van der Waals surface area contributed by atoms with E-state index < -0.39 is 30.7 Å². The molecule has 0 saturated carbocycles. The summed E-state index contributed by atoms with van der Waals surface area (Å²) in [6.45, 7) is -0.963. The summed E-state index contributed by atoms with van der Waals surface area (Å²) in [7, 11) is 0. The van der Waals surface area contributed by atoms with Crippen LogP contribution in [0.15, 0.2) is 73.1 Å². The van der Waals surface area contributed by atoms with Crippen molar-refractivity contribution in [2.75, 3.05) is 31.6 Å². The molecule has 0 spiro atoms. The Hall–Kier alpha value is -4.03. The van der Waals surface area contributed by atoms with Gasteiger partial charge in [0.15, 0.2) is 0 Å². The number of ether oxygens (including phenoxy) is 2. The summed E-state index contributed by atoms with van der Waals surface area (Å²) < 4.78 is 62.4. The lowest BCUT2D eigenvalue weighted by molar-refractivity contribution is -0.124. The summed E-state index contributed by atoms with van der Waals surface area (Å²) >= 11 is 0. The molecule has 0 unspecified atom stereocenters. The molecule has 0 aliphatic carbocycles. The van der Waals surface area contributed by atoms with Crippen LogP contribution in [0.25, 0.3) is 0 Å². The van der Waals surface area contributed by atoms with E-state index in [1.54, 1.807) is 5.32 Å². The SMILES string of the molecule is O=C(CC(c1ccccc1)c1ccccc1)Nc1cncc(F)c1CC[C@@H]1CNC[C@@H](COC(=O)NCC(F)(F)F)O1. The Bertz CT molecular complexity index is 1270. The van der Waals surface area contributed by atoms with Gasteiger partial charge in [-0.3, -0.25) is 9.78 Å². The van der Waals surface area contributed by atoms with Crippen molar-refractivity contribution in [1.82, 2.24) is 15.6 Å². The number of amides is 2. The van der Waals surface area contributed by atoms with Crippen molar-refractivity contribution in [3.63, 3.8) is 0 Å². The fraction of sp³-hybridized carbons (Fsp3) is 0.367. The van der Waals surface area contributed by atoms with E-state index in [0.717, 1.165) is 17.3 Å². The Kier molecular flexibility index (Phi) is 10.8. The number of benzene rings is 2. The highest BCUT2D eigenvalue weighted by Gasteiger charge is 2.29. The molecule has 1 aromatic heterocycles. The monoisotopic (exact) mass is 588 g/mol. The van der Waals surface area contributed by atoms with E-state index in [1.807, 2.05) is 60.7 Å². The number of morpholine rings is 1. The molecule has 42 heavy (non-hydrogen) atoms. The van der Waals surface area contributed by atoms with Crippen molar-refractivity contribution in [1.29, 1.82) is 0 Å². The molecule has 2 heterocycles. The number of nitrogens with one attached hydrogen (secondary N) is 3. The molecule has 1 fully saturated rings. The smallest absolute Gasteiger partial charge is 0.407 e. The molecule has 12 heteroatoms. The number of halogens is 4. The van der Waals surface area contributed by atoms with Gasteiger partial charge in [0.1, 0.15) is 25.1 Å². The van der Waals surface area contributed by atoms with Crippen LogP contribution in [0.2, 0.25) is 0 Å². The van der Waals surface area contributed by atoms with Crippen LogP contribution in [0.3, 0.4) is 0 Å². The lowest BCUT2D eigenvalue weighted by atomic mass is 9.88. The van der Waals surface area contributed by atoms with Crippen LogP contribution in [0.4, 0.5) is 28.0 Å². The topological polar surface area (TPSA) is 102 Å². The van der Waals surface area contributed by atoms with Gasteiger partial charge in [0.25, 0.3) is 0 Å². The van der Waals surface area contributed by atoms with E-state index in [0.29, 0.717) is 19.5 Å². The van der Waals surface area contributed by atoms with E-state index in [9.17, 15) is 27.2 Å². The fourth-order valence-corrected chi connectivity index (χ4v) is 4.75. The minimum absolute atomic E-state index is 0.137. The number of aromatic nitrogens is 1. The Morgan fingerprint density at radius 3 is 2.29 bits per heavy atom. The highest BCUT2D eigenvalue weighted by Crippen LogP contribution is 2.29. The summed E-state index contributed by atoms with van der Waals surface area (Å²) in [6, 6.07) is 19.3. The number of carbonyl (C=O) groups excluding carboxylic acids is 2. The third kappa shape index (κ3) is 9.52. The lowest BCUT2D eigenvalue weighted by Crippen LogP contribution is -2.47. The minimum atomic E-state index is -4.54. The van der Waals surface area contributed by atoms with Gasteiger partial charge in [-0.15, -0.1) is 0 Å². The maximum atomic E-state index is 14.9. The summed E-state index contributed by atoms with van der Waals surface area (Å²) in [6.07, 6.45) is -3.50. The molecule has 0 radical (unpaired) electrons. The van der Waals surface area contributed by atoms with Gasteiger partial charge in [0.2, 0.25) is 5.91 Å². The molecular weight excluding hydrogens is 556 g/mol. The second kappa shape index (κ2) is 14.7. The van der Waals surface area contributed by atoms with Gasteiger partial charge in [-0.2, -0.15) is 13.2 Å². The second-order valence-electron chi connectivity index (χ2n) is 9.92. The minimum Gasteiger partial charge on any atom is -0.447 e. The Morgan fingerprint density at radius 1 is 1.00 bits per heavy atom. The molecule has 1 saturated heterocycles. The van der Waals surface area contributed by atoms with Crippen molar-refractivity contribution in [3.8, 4) is 0 Å². The summed E-state index contributed by atoms with van der Waals surface area (Å²) in [4.78, 5) is 28.6. The standard InChI is InChI=1S/C30H32F4N4O4/c31-26-16-36-17-27(38-28(39)13-25(20-7-3-1-4-8-20)21-9-5-2-6-10-21)24(26)12-11-22-14-35-15-23(42-22)18-41-29(40)37-19-30(32,33)34/h1-10,16-17,22-23,25,35H,11-15,18-19H2,(H,37,40)(H,38,39)/t22-,23+/m1/s1. The Labute approximate surface area is 240 Å². The molecule has 2 amide bonds. The number of carbonyl (C=O) groups is 2. The van der Waals surface area contributed by atoms with Gasteiger partial charge in [-0.25, -0.2) is 9.18 Å². The van der Waals surface area contributed by atoms with Crippen molar-refractivity contribution in [2.45, 2.75) is 43.6 Å². The van der Waals surface area contributed by atoms with Gasteiger partial charge in [-0.1, -0.05) is 60.7 Å². The molecule has 3 N–H and O–H groups in total. The van der Waals surface area contributed by atoms with Gasteiger partial charge < -0.3 is 25.4 Å². The molecule has 2 aromatic carbocycles. The number of hydrogen-bond acceptors (Lipinski definition) is 6. The third-order valence-electron chi connectivity index (χ3n) is 6.75. The van der Waals surface area contributed by atoms with Gasteiger partial charge >= 0.3 is 12.3 Å². The van der Waals surface area contributed by atoms with E-state index in [2.05, 4.69) is 15.6 Å². The van der Waals surface area contributed by atoms with Crippen LogP contribution < -0.4 is 16.0 Å². The lowest BCUT2D eigenvalue weighted by Gasteiger charge is -2.30. The zero-order chi connectivity index (χ0) is 30.0. The summed E-state index contributed by atoms with van der Waals surface area (Å²) in [5.74, 6) is -1.06. The third-order valence-corrected chi connectivity index (χ3v) is 6.75. The van der Waals surface area contributed by atoms with Crippen molar-refractivity contribution in [2.24, 2.45) is 0 Å². The fourth-order valence-electron chi connectivity index (χ4n) is 4.75. The average Bonchev–Trinajstić information content (AvgIpc) is 2.98. The van der Waals surface area contributed by atoms with Gasteiger partial charge in [0, 0.05) is 31.0 Å². The second-order valence-corrected chi connectivity index (χ2v) is 9.92. The normalized spacial score (nSPS) is 17.1. The molecule has 4 rings (SSSR count). The highest BCUT2D eigenvalue weighted by molar-refractivity contribution is 5.92. The Morgan fingerprint density at radius 2 is 1.64 bits per heavy atom. The maximum Gasteiger partial charge on any atom is 0.407 e. The number of rotatable bonds is 11. The van der Waals surface area contributed by atoms with Crippen LogP contribution >= 0.6 is 0 Å². The first-order valence-electron chi connectivity index (χ1n) is 13.5. The van der Waals surface area contributed by atoms with Crippen LogP contribution in [-0.4, -0.2) is 61.6 Å². The quantitative estimate of drug-likeness (QED) is 0.274. The first-order chi connectivity index (χ1) is 20.2. The van der Waals surface area contributed by atoms with Crippen molar-refractivity contribution in [3.05, 3.63) is 95.6 Å². The number of hydrogen-bond donors (Lipinski definition) is 3. The van der Waals surface area contributed by atoms with Crippen LogP contribution in [0, 0.1) is 5.82 Å². The van der Waals surface area contributed by atoms with E-state index in [1.165, 1.54) is 6.20 Å². The number of alkyl carbamates (subject to hydrolysis) is 1. The summed E-state index contributed by atoms with van der Waals surface area (Å²) in [5.41, 5.74) is 2.51. The summed E-state index contributed by atoms with van der Waals surface area (Å²) in [5, 5.41) is 7.59. The predicted octanol–water partition coefficient (Wildman–Crippen LogP) is 4.96. The predicted molar refractivity (Wildman–Crippen MR) is 147 cm³/mol. The first kappa shape index (κ1) is 30.9. The largest absolute Gasteiger partial charge is 0.447 e. The molecule has 3 aromatic rings. The van der Waals surface area contributed by atoms with Crippen molar-refractivity contribution < 1.29 is 36.6 Å². The number of alkyl halides is 3. The van der Waals surface area contributed by atoms with E-state index in [4.69, 9.17) is 9.47 Å². The van der Waals surface area contributed by atoms with Crippen LogP contribution in [0.5, 0.6) is 0 Å². The molecular formula is C30H32F4N4O4. The highest BCUT2D eigenvalue weighted by atomic mass is 19.4. The molecule has 1 aliphatic heterocycles. The number of anilines is 1. The zero-order valence-corrected chi connectivity index (χ0v) is 22.7. The molecule has 2 atom stereocenters. The zero-order valence-electron chi connectivity index (χ0n) is 22.7. The van der Waals surface area contributed by atoms with Gasteiger partial charge in [-0.05, 0) is 24.0 Å². The average molecular weight is 589 g/mol. The van der Waals surface area contributed by atoms with E-state index in [-0.39, 0.29) is 48.6 Å². The molecule has 8 nitrogen and oxygen atoms in total. The van der Waals surface area contributed by atoms with Crippen LogP contribution in [0.1, 0.15) is 35.4 Å². The van der Waals surface area contributed by atoms with Gasteiger partial charge in [0.05, 0.1) is 24.2 Å². The molecule has 224 valence electrons. The number of nitrogens with zero attached hydrogens (tertiary/aromatic N) is 1. The maximum absolute atomic E-state index is 14.9. The first-order valence-corrected chi connectivity index (χ1v) is 13.5. The van der Waals surface area contributed by atoms with E-state index >= 15 is 0 Å². The number of pyridine rings is 1. The molecule has 0 bridgehead atoms. The molecule has 1 aliphatic rings. The Balaban J connectivity index is 1.34. The van der Waals surface area contributed by atoms with Crippen molar-refractivity contribution >= 4 is 17.7 Å². The van der Waals surface area contributed by atoms with Crippen LogP contribution in [-0.2, 0) is 20.7 Å².